The van der Waals surface area contributed by atoms with Crippen LogP contribution in [0.5, 0.6) is 0 Å². The van der Waals surface area contributed by atoms with Gasteiger partial charge in [-0.1, -0.05) is 12.1 Å². The van der Waals surface area contributed by atoms with E-state index in [1.807, 2.05) is 25.1 Å². The molecule has 2 rings (SSSR count). The number of carbonyl (C=O) groups is 1. The Kier molecular flexibility index (Phi) is 3.85. The van der Waals surface area contributed by atoms with Gasteiger partial charge in [-0.25, -0.2) is 9.18 Å². The maximum Gasteiger partial charge on any atom is 0.337 e. The zero-order valence-electron chi connectivity index (χ0n) is 10.1. The van der Waals surface area contributed by atoms with E-state index in [-0.39, 0.29) is 11.3 Å². The van der Waals surface area contributed by atoms with Gasteiger partial charge in [0, 0.05) is 4.47 Å². The van der Waals surface area contributed by atoms with Crippen molar-refractivity contribution >= 4 is 33.3 Å². The number of carboxylic acids is 1. The van der Waals surface area contributed by atoms with Crippen molar-refractivity contribution in [1.29, 1.82) is 0 Å². The number of nitrogens with one attached hydrogen (secondary N) is 1. The summed E-state index contributed by atoms with van der Waals surface area (Å²) in [6.45, 7) is 1.90. The highest BCUT2D eigenvalue weighted by molar-refractivity contribution is 9.10. The Hall–Kier alpha value is -1.88. The molecule has 0 fully saturated rings. The molecule has 2 N–H and O–H groups in total. The fourth-order valence-corrected chi connectivity index (χ4v) is 2.04. The first kappa shape index (κ1) is 13.5. The lowest BCUT2D eigenvalue weighted by Crippen LogP contribution is -2.05. The zero-order chi connectivity index (χ0) is 14.0. The second-order valence-electron chi connectivity index (χ2n) is 4.08. The van der Waals surface area contributed by atoms with Gasteiger partial charge in [-0.2, -0.15) is 0 Å². The minimum atomic E-state index is -1.18. The van der Waals surface area contributed by atoms with Crippen LogP contribution < -0.4 is 5.32 Å². The highest BCUT2D eigenvalue weighted by atomic mass is 79.9. The van der Waals surface area contributed by atoms with E-state index in [4.69, 9.17) is 5.11 Å². The lowest BCUT2D eigenvalue weighted by atomic mass is 10.1. The number of rotatable bonds is 3. The standard InChI is InChI=1S/C14H11BrFNO2/c1-8-5-6-10(15)12(7-8)17-13-9(14(18)19)3-2-4-11(13)16/h2-7,17H,1H3,(H,18,19). The first-order valence-corrected chi connectivity index (χ1v) is 6.33. The monoisotopic (exact) mass is 323 g/mol. The van der Waals surface area contributed by atoms with Crippen LogP contribution in [0.3, 0.4) is 0 Å². The van der Waals surface area contributed by atoms with Crippen LogP contribution in [-0.4, -0.2) is 11.1 Å². The highest BCUT2D eigenvalue weighted by Gasteiger charge is 2.15. The third-order valence-electron chi connectivity index (χ3n) is 2.63. The quantitative estimate of drug-likeness (QED) is 0.883. The number of halogens is 2. The largest absolute Gasteiger partial charge is 0.478 e. The van der Waals surface area contributed by atoms with Crippen molar-refractivity contribution in [2.75, 3.05) is 5.32 Å². The van der Waals surface area contributed by atoms with Crippen molar-refractivity contribution < 1.29 is 14.3 Å². The Morgan fingerprint density at radius 1 is 1.32 bits per heavy atom. The zero-order valence-corrected chi connectivity index (χ0v) is 11.7. The van der Waals surface area contributed by atoms with Gasteiger partial charge in [0.2, 0.25) is 0 Å². The van der Waals surface area contributed by atoms with E-state index in [1.54, 1.807) is 0 Å². The molecule has 0 unspecified atom stereocenters. The van der Waals surface area contributed by atoms with E-state index in [1.165, 1.54) is 18.2 Å². The van der Waals surface area contributed by atoms with Gasteiger partial charge in [-0.05, 0) is 52.7 Å². The van der Waals surface area contributed by atoms with Crippen LogP contribution in [0.1, 0.15) is 15.9 Å². The predicted molar refractivity (Wildman–Crippen MR) is 75.5 cm³/mol. The summed E-state index contributed by atoms with van der Waals surface area (Å²) in [6.07, 6.45) is 0. The van der Waals surface area contributed by atoms with E-state index in [0.717, 1.165) is 10.0 Å². The molecule has 0 aliphatic rings. The van der Waals surface area contributed by atoms with Crippen LogP contribution in [0.15, 0.2) is 40.9 Å². The summed E-state index contributed by atoms with van der Waals surface area (Å²) >= 11 is 3.34. The molecule has 0 aliphatic heterocycles. The molecular weight excluding hydrogens is 313 g/mol. The summed E-state index contributed by atoms with van der Waals surface area (Å²) < 4.78 is 14.5. The normalized spacial score (nSPS) is 10.3. The second kappa shape index (κ2) is 5.40. The van der Waals surface area contributed by atoms with Gasteiger partial charge in [0.25, 0.3) is 0 Å². The lowest BCUT2D eigenvalue weighted by Gasteiger charge is -2.12. The van der Waals surface area contributed by atoms with Crippen LogP contribution >= 0.6 is 15.9 Å². The van der Waals surface area contributed by atoms with E-state index >= 15 is 0 Å². The molecule has 0 saturated carbocycles. The van der Waals surface area contributed by atoms with Gasteiger partial charge in [-0.15, -0.1) is 0 Å². The molecule has 0 aromatic heterocycles. The molecule has 3 nitrogen and oxygen atoms in total. The van der Waals surface area contributed by atoms with Crippen molar-refractivity contribution in [3.8, 4) is 0 Å². The van der Waals surface area contributed by atoms with Crippen molar-refractivity contribution in [1.82, 2.24) is 0 Å². The van der Waals surface area contributed by atoms with Crippen LogP contribution in [0, 0.1) is 12.7 Å². The van der Waals surface area contributed by atoms with Gasteiger partial charge < -0.3 is 10.4 Å². The SMILES string of the molecule is Cc1ccc(Br)c(Nc2c(F)cccc2C(=O)O)c1. The van der Waals surface area contributed by atoms with E-state index in [0.29, 0.717) is 5.69 Å². The van der Waals surface area contributed by atoms with Gasteiger partial charge in [0.05, 0.1) is 16.9 Å². The Labute approximate surface area is 118 Å². The first-order chi connectivity index (χ1) is 8.99. The Morgan fingerprint density at radius 3 is 2.74 bits per heavy atom. The molecule has 0 aliphatic carbocycles. The van der Waals surface area contributed by atoms with Gasteiger partial charge in [0.1, 0.15) is 5.82 Å². The fraction of sp³-hybridized carbons (Fsp3) is 0.0714. The van der Waals surface area contributed by atoms with Crippen molar-refractivity contribution in [3.63, 3.8) is 0 Å². The van der Waals surface area contributed by atoms with Crippen LogP contribution in [-0.2, 0) is 0 Å². The molecule has 2 aromatic rings. The maximum atomic E-state index is 13.8. The Balaban J connectivity index is 2.49. The number of aromatic carboxylic acids is 1. The summed E-state index contributed by atoms with van der Waals surface area (Å²) in [7, 11) is 0. The van der Waals surface area contributed by atoms with Crippen LogP contribution in [0.4, 0.5) is 15.8 Å². The van der Waals surface area contributed by atoms with E-state index in [9.17, 15) is 9.18 Å². The minimum absolute atomic E-state index is 0.0405. The number of hydrogen-bond acceptors (Lipinski definition) is 2. The summed E-state index contributed by atoms with van der Waals surface area (Å²) in [5.41, 5.74) is 1.46. The van der Waals surface area contributed by atoms with Crippen molar-refractivity contribution in [2.24, 2.45) is 0 Å². The summed E-state index contributed by atoms with van der Waals surface area (Å²) in [5, 5.41) is 11.9. The van der Waals surface area contributed by atoms with Gasteiger partial charge in [0.15, 0.2) is 0 Å². The molecule has 98 valence electrons. The smallest absolute Gasteiger partial charge is 0.337 e. The first-order valence-electron chi connectivity index (χ1n) is 5.54. The van der Waals surface area contributed by atoms with Gasteiger partial charge in [-0.3, -0.25) is 0 Å². The maximum absolute atomic E-state index is 13.8. The summed E-state index contributed by atoms with van der Waals surface area (Å²) in [4.78, 5) is 11.1. The third kappa shape index (κ3) is 2.93. The van der Waals surface area contributed by atoms with Gasteiger partial charge >= 0.3 is 5.97 Å². The molecule has 0 amide bonds. The lowest BCUT2D eigenvalue weighted by molar-refractivity contribution is 0.0697. The molecule has 0 radical (unpaired) electrons. The minimum Gasteiger partial charge on any atom is -0.478 e. The molecule has 2 aromatic carbocycles. The highest BCUT2D eigenvalue weighted by Crippen LogP contribution is 2.30. The molecular formula is C14H11BrFNO2. The number of carboxylic acid groups (broad SMARTS) is 1. The topological polar surface area (TPSA) is 49.3 Å². The average Bonchev–Trinajstić information content (AvgIpc) is 2.35. The summed E-state index contributed by atoms with van der Waals surface area (Å²) in [6, 6.07) is 9.47. The van der Waals surface area contributed by atoms with Crippen LogP contribution in [0.2, 0.25) is 0 Å². The Morgan fingerprint density at radius 2 is 2.05 bits per heavy atom. The number of benzene rings is 2. The third-order valence-corrected chi connectivity index (χ3v) is 3.32. The summed E-state index contributed by atoms with van der Waals surface area (Å²) in [5.74, 6) is -1.78. The molecule has 5 heteroatoms. The number of hydrogen-bond donors (Lipinski definition) is 2. The Bertz CT molecular complexity index is 643. The molecule has 0 atom stereocenters. The van der Waals surface area contributed by atoms with E-state index < -0.39 is 11.8 Å². The average molecular weight is 324 g/mol. The van der Waals surface area contributed by atoms with Crippen molar-refractivity contribution in [3.05, 3.63) is 57.8 Å². The number of aryl methyl sites for hydroxylation is 1. The number of anilines is 2. The predicted octanol–water partition coefficient (Wildman–Crippen LogP) is 4.34. The molecule has 0 saturated heterocycles. The molecule has 0 bridgehead atoms. The number of para-hydroxylation sites is 1. The fourth-order valence-electron chi connectivity index (χ4n) is 1.70. The van der Waals surface area contributed by atoms with E-state index in [2.05, 4.69) is 21.2 Å². The van der Waals surface area contributed by atoms with Crippen LogP contribution in [0.25, 0.3) is 0 Å². The second-order valence-corrected chi connectivity index (χ2v) is 4.93. The molecule has 0 spiro atoms. The molecule has 0 heterocycles. The van der Waals surface area contributed by atoms with Crippen molar-refractivity contribution in [2.45, 2.75) is 6.92 Å². The molecule has 19 heavy (non-hydrogen) atoms.